The van der Waals surface area contributed by atoms with Gasteiger partial charge in [0.2, 0.25) is 0 Å². The van der Waals surface area contributed by atoms with Gasteiger partial charge in [-0.15, -0.1) is 0 Å². The average molecular weight is 265 g/mol. The Bertz CT molecular complexity index is 341. The molecule has 70 valence electrons. The second kappa shape index (κ2) is 3.20. The molecule has 1 N–H and O–H groups in total. The molecule has 5 heteroatoms. The summed E-state index contributed by atoms with van der Waals surface area (Å²) in [6.45, 7) is 0.590. The first kappa shape index (κ1) is 9.40. The van der Waals surface area contributed by atoms with E-state index < -0.39 is 5.60 Å². The molecule has 3 nitrogen and oxygen atoms in total. The predicted molar refractivity (Wildman–Crippen MR) is 51.7 cm³/mol. The second-order valence-electron chi connectivity index (χ2n) is 3.01. The number of halogens is 2. The number of nitrogens with zero attached hydrogens (tertiary/aromatic N) is 1. The van der Waals surface area contributed by atoms with Gasteiger partial charge in [0.05, 0.1) is 18.2 Å². The smallest absolute Gasteiger partial charge is 0.138 e. The minimum atomic E-state index is -0.928. The molecule has 0 radical (unpaired) electrons. The first-order chi connectivity index (χ1) is 6.12. The highest BCUT2D eigenvalue weighted by Gasteiger charge is 2.39. The van der Waals surface area contributed by atoms with E-state index in [9.17, 15) is 5.11 Å². The van der Waals surface area contributed by atoms with Crippen molar-refractivity contribution < 1.29 is 9.84 Å². The Morgan fingerprint density at radius 1 is 1.62 bits per heavy atom. The highest BCUT2D eigenvalue weighted by molar-refractivity contribution is 9.10. The van der Waals surface area contributed by atoms with Crippen molar-refractivity contribution in [1.29, 1.82) is 0 Å². The lowest BCUT2D eigenvalue weighted by atomic mass is 9.93. The SMILES string of the molecule is OC1(c2cc(Br)ncc2Cl)COC1. The van der Waals surface area contributed by atoms with E-state index in [2.05, 4.69) is 20.9 Å². The topological polar surface area (TPSA) is 42.4 Å². The maximum absolute atomic E-state index is 9.93. The molecule has 0 aromatic carbocycles. The van der Waals surface area contributed by atoms with E-state index in [-0.39, 0.29) is 0 Å². The second-order valence-corrected chi connectivity index (χ2v) is 4.23. The van der Waals surface area contributed by atoms with Gasteiger partial charge in [0.1, 0.15) is 10.2 Å². The van der Waals surface area contributed by atoms with Crippen LogP contribution in [0.1, 0.15) is 5.56 Å². The predicted octanol–water partition coefficient (Wildman–Crippen LogP) is 1.72. The largest absolute Gasteiger partial charge is 0.380 e. The van der Waals surface area contributed by atoms with Crippen molar-refractivity contribution in [2.75, 3.05) is 13.2 Å². The highest BCUT2D eigenvalue weighted by atomic mass is 79.9. The standard InChI is InChI=1S/C8H7BrClNO2/c9-7-1-5(6(10)2-11-7)8(12)3-13-4-8/h1-2,12H,3-4H2. The molecular formula is C8H7BrClNO2. The van der Waals surface area contributed by atoms with Gasteiger partial charge in [0.25, 0.3) is 0 Å². The number of rotatable bonds is 1. The molecule has 1 saturated heterocycles. The molecular weight excluding hydrogens is 257 g/mol. The molecule has 1 aliphatic rings. The van der Waals surface area contributed by atoms with E-state index in [0.29, 0.717) is 28.4 Å². The van der Waals surface area contributed by atoms with Gasteiger partial charge in [-0.25, -0.2) is 4.98 Å². The van der Waals surface area contributed by atoms with E-state index in [1.54, 1.807) is 6.07 Å². The Labute approximate surface area is 88.8 Å². The van der Waals surface area contributed by atoms with Crippen LogP contribution in [0.15, 0.2) is 16.9 Å². The number of ether oxygens (including phenoxy) is 1. The van der Waals surface area contributed by atoms with Crippen molar-refractivity contribution in [2.24, 2.45) is 0 Å². The van der Waals surface area contributed by atoms with E-state index in [0.717, 1.165) is 0 Å². The van der Waals surface area contributed by atoms with Crippen LogP contribution in [0.4, 0.5) is 0 Å². The lowest BCUT2D eigenvalue weighted by Gasteiger charge is -2.37. The molecule has 13 heavy (non-hydrogen) atoms. The Kier molecular flexibility index (Phi) is 2.32. The van der Waals surface area contributed by atoms with Crippen molar-refractivity contribution in [1.82, 2.24) is 4.98 Å². The Hall–Kier alpha value is -0.160. The normalized spacial score (nSPS) is 19.6. The molecule has 0 amide bonds. The average Bonchev–Trinajstić information content (AvgIpc) is 2.05. The molecule has 0 atom stereocenters. The van der Waals surface area contributed by atoms with Gasteiger partial charge in [0.15, 0.2) is 0 Å². The maximum atomic E-state index is 9.93. The molecule has 2 heterocycles. The van der Waals surface area contributed by atoms with Crippen LogP contribution >= 0.6 is 27.5 Å². The third kappa shape index (κ3) is 1.59. The quantitative estimate of drug-likeness (QED) is 0.785. The van der Waals surface area contributed by atoms with E-state index in [1.807, 2.05) is 0 Å². The summed E-state index contributed by atoms with van der Waals surface area (Å²) in [5.74, 6) is 0. The summed E-state index contributed by atoms with van der Waals surface area (Å²) in [5.41, 5.74) is -0.259. The number of aromatic nitrogens is 1. The van der Waals surface area contributed by atoms with E-state index in [1.165, 1.54) is 6.20 Å². The summed E-state index contributed by atoms with van der Waals surface area (Å²) in [6.07, 6.45) is 1.51. The molecule has 1 aromatic heterocycles. The van der Waals surface area contributed by atoms with E-state index in [4.69, 9.17) is 16.3 Å². The first-order valence-electron chi connectivity index (χ1n) is 3.73. The van der Waals surface area contributed by atoms with Gasteiger partial charge in [-0.2, -0.15) is 0 Å². The summed E-state index contributed by atoms with van der Waals surface area (Å²) in [5, 5.41) is 10.4. The van der Waals surface area contributed by atoms with Crippen LogP contribution in [0.3, 0.4) is 0 Å². The summed E-state index contributed by atoms with van der Waals surface area (Å²) < 4.78 is 5.60. The summed E-state index contributed by atoms with van der Waals surface area (Å²) in [4.78, 5) is 3.94. The zero-order valence-electron chi connectivity index (χ0n) is 6.63. The van der Waals surface area contributed by atoms with Gasteiger partial charge in [-0.3, -0.25) is 0 Å². The minimum absolute atomic E-state index is 0.295. The molecule has 0 bridgehead atoms. The Morgan fingerprint density at radius 3 is 2.85 bits per heavy atom. The summed E-state index contributed by atoms with van der Waals surface area (Å²) >= 11 is 9.11. The fourth-order valence-corrected chi connectivity index (χ4v) is 1.83. The molecule has 0 saturated carbocycles. The maximum Gasteiger partial charge on any atom is 0.138 e. The van der Waals surface area contributed by atoms with Gasteiger partial charge in [0, 0.05) is 11.8 Å². The fourth-order valence-electron chi connectivity index (χ4n) is 1.22. The number of hydrogen-bond acceptors (Lipinski definition) is 3. The zero-order chi connectivity index (χ0) is 9.47. The van der Waals surface area contributed by atoms with E-state index >= 15 is 0 Å². The number of pyridine rings is 1. The first-order valence-corrected chi connectivity index (χ1v) is 4.90. The summed E-state index contributed by atoms with van der Waals surface area (Å²) in [6, 6.07) is 1.71. The third-order valence-electron chi connectivity index (χ3n) is 2.01. The summed E-state index contributed by atoms with van der Waals surface area (Å²) in [7, 11) is 0. The van der Waals surface area contributed by atoms with Crippen LogP contribution in [-0.4, -0.2) is 23.3 Å². The van der Waals surface area contributed by atoms with Crippen molar-refractivity contribution in [3.8, 4) is 0 Å². The Balaban J connectivity index is 2.43. The molecule has 0 unspecified atom stereocenters. The number of aliphatic hydroxyl groups is 1. The monoisotopic (exact) mass is 263 g/mol. The van der Waals surface area contributed by atoms with Crippen LogP contribution in [0.5, 0.6) is 0 Å². The molecule has 2 rings (SSSR count). The lowest BCUT2D eigenvalue weighted by Crippen LogP contribution is -2.46. The van der Waals surface area contributed by atoms with Crippen molar-refractivity contribution in [2.45, 2.75) is 5.60 Å². The molecule has 1 fully saturated rings. The third-order valence-corrected chi connectivity index (χ3v) is 2.74. The Morgan fingerprint density at radius 2 is 2.31 bits per heavy atom. The van der Waals surface area contributed by atoms with Crippen LogP contribution < -0.4 is 0 Å². The van der Waals surface area contributed by atoms with Gasteiger partial charge in [-0.1, -0.05) is 11.6 Å². The van der Waals surface area contributed by atoms with Crippen molar-refractivity contribution >= 4 is 27.5 Å². The highest BCUT2D eigenvalue weighted by Crippen LogP contribution is 2.34. The zero-order valence-corrected chi connectivity index (χ0v) is 8.97. The van der Waals surface area contributed by atoms with Crippen molar-refractivity contribution in [3.63, 3.8) is 0 Å². The van der Waals surface area contributed by atoms with Gasteiger partial charge >= 0.3 is 0 Å². The molecule has 0 spiro atoms. The van der Waals surface area contributed by atoms with Gasteiger partial charge in [-0.05, 0) is 22.0 Å². The van der Waals surface area contributed by atoms with Crippen LogP contribution in [0.2, 0.25) is 5.02 Å². The number of hydrogen-bond donors (Lipinski definition) is 1. The molecule has 1 aliphatic heterocycles. The van der Waals surface area contributed by atoms with Crippen LogP contribution in [0.25, 0.3) is 0 Å². The van der Waals surface area contributed by atoms with Crippen LogP contribution in [0, 0.1) is 0 Å². The lowest BCUT2D eigenvalue weighted by molar-refractivity contribution is -0.184. The fraction of sp³-hybridized carbons (Fsp3) is 0.375. The van der Waals surface area contributed by atoms with Crippen molar-refractivity contribution in [3.05, 3.63) is 27.5 Å². The molecule has 0 aliphatic carbocycles. The van der Waals surface area contributed by atoms with Gasteiger partial charge < -0.3 is 9.84 Å². The minimum Gasteiger partial charge on any atom is -0.380 e. The molecule has 1 aromatic rings. The van der Waals surface area contributed by atoms with Crippen LogP contribution in [-0.2, 0) is 10.3 Å².